The lowest BCUT2D eigenvalue weighted by molar-refractivity contribution is 0.140. The number of carbonyl (C=O) groups excluding carboxylic acids is 1. The number of rotatable bonds is 5. The van der Waals surface area contributed by atoms with Gasteiger partial charge >= 0.3 is 6.09 Å². The van der Waals surface area contributed by atoms with Crippen molar-refractivity contribution in [3.05, 3.63) is 59.2 Å². The molecule has 0 saturated heterocycles. The van der Waals surface area contributed by atoms with Crippen LogP contribution >= 0.6 is 0 Å². The third-order valence-corrected chi connectivity index (χ3v) is 3.69. The highest BCUT2D eigenvalue weighted by Crippen LogP contribution is 2.10. The van der Waals surface area contributed by atoms with E-state index in [1.54, 1.807) is 0 Å². The summed E-state index contributed by atoms with van der Waals surface area (Å²) < 4.78 is 5.16. The summed E-state index contributed by atoms with van der Waals surface area (Å²) in [5.41, 5.74) is 3.24. The van der Waals surface area contributed by atoms with Crippen LogP contribution in [-0.2, 0) is 30.7 Å². The van der Waals surface area contributed by atoms with E-state index in [2.05, 4.69) is 20.6 Å². The Morgan fingerprint density at radius 3 is 3.04 bits per heavy atom. The highest BCUT2D eigenvalue weighted by Gasteiger charge is 2.11. The molecule has 1 aliphatic heterocycles. The van der Waals surface area contributed by atoms with Crippen LogP contribution in [0.4, 0.5) is 4.79 Å². The van der Waals surface area contributed by atoms with Gasteiger partial charge in [-0.25, -0.2) is 14.8 Å². The molecule has 6 heteroatoms. The zero-order valence-electron chi connectivity index (χ0n) is 12.9. The van der Waals surface area contributed by atoms with Gasteiger partial charge in [0.15, 0.2) is 0 Å². The Labute approximate surface area is 135 Å². The standard InChI is InChI=1S/C17H20N4O2/c22-17(23-12-13-4-2-1-3-5-13)19-9-7-16-20-11-14-10-18-8-6-15(14)21-16/h1-5,11,18H,6-10,12H2,(H,19,22). The van der Waals surface area contributed by atoms with Crippen molar-refractivity contribution in [3.63, 3.8) is 0 Å². The molecular formula is C17H20N4O2. The second-order valence-electron chi connectivity index (χ2n) is 5.42. The molecule has 6 nitrogen and oxygen atoms in total. The fraction of sp³-hybridized carbons (Fsp3) is 0.353. The van der Waals surface area contributed by atoms with Crippen molar-refractivity contribution in [1.29, 1.82) is 0 Å². The van der Waals surface area contributed by atoms with Crippen LogP contribution < -0.4 is 10.6 Å². The highest BCUT2D eigenvalue weighted by atomic mass is 16.5. The van der Waals surface area contributed by atoms with Gasteiger partial charge < -0.3 is 15.4 Å². The first-order valence-electron chi connectivity index (χ1n) is 7.80. The van der Waals surface area contributed by atoms with Crippen LogP contribution in [0.2, 0.25) is 0 Å². The lowest BCUT2D eigenvalue weighted by Crippen LogP contribution is -2.28. The number of carbonyl (C=O) groups is 1. The number of hydrogen-bond acceptors (Lipinski definition) is 5. The number of amides is 1. The zero-order chi connectivity index (χ0) is 15.9. The van der Waals surface area contributed by atoms with Gasteiger partial charge in [-0.15, -0.1) is 0 Å². The average molecular weight is 312 g/mol. The van der Waals surface area contributed by atoms with Gasteiger partial charge in [0.25, 0.3) is 0 Å². The van der Waals surface area contributed by atoms with E-state index in [9.17, 15) is 4.79 Å². The van der Waals surface area contributed by atoms with E-state index in [0.717, 1.165) is 42.2 Å². The van der Waals surface area contributed by atoms with Crippen LogP contribution in [0.15, 0.2) is 36.5 Å². The van der Waals surface area contributed by atoms with Crippen molar-refractivity contribution in [2.45, 2.75) is 26.0 Å². The van der Waals surface area contributed by atoms with E-state index in [1.807, 2.05) is 36.5 Å². The highest BCUT2D eigenvalue weighted by molar-refractivity contribution is 5.67. The van der Waals surface area contributed by atoms with E-state index in [4.69, 9.17) is 4.74 Å². The van der Waals surface area contributed by atoms with Gasteiger partial charge in [0, 0.05) is 49.9 Å². The van der Waals surface area contributed by atoms with E-state index in [0.29, 0.717) is 13.0 Å². The van der Waals surface area contributed by atoms with Gasteiger partial charge in [0.1, 0.15) is 12.4 Å². The predicted molar refractivity (Wildman–Crippen MR) is 85.8 cm³/mol. The maximum Gasteiger partial charge on any atom is 0.407 e. The Bertz CT molecular complexity index is 661. The molecule has 0 fully saturated rings. The molecule has 0 unspecified atom stereocenters. The Hall–Kier alpha value is -2.47. The number of ether oxygens (including phenoxy) is 1. The topological polar surface area (TPSA) is 76.1 Å². The number of nitrogens with one attached hydrogen (secondary N) is 2. The molecule has 0 spiro atoms. The van der Waals surface area contributed by atoms with Gasteiger partial charge in [-0.2, -0.15) is 0 Å². The van der Waals surface area contributed by atoms with Crippen molar-refractivity contribution in [2.24, 2.45) is 0 Å². The molecular weight excluding hydrogens is 292 g/mol. The third kappa shape index (κ3) is 4.50. The van der Waals surface area contributed by atoms with Crippen LogP contribution in [0.1, 0.15) is 22.6 Å². The SMILES string of the molecule is O=C(NCCc1ncc2c(n1)CCNC2)OCc1ccccc1. The summed E-state index contributed by atoms with van der Waals surface area (Å²) in [6.07, 6.45) is 2.98. The van der Waals surface area contributed by atoms with Gasteiger partial charge in [-0.3, -0.25) is 0 Å². The lowest BCUT2D eigenvalue weighted by Gasteiger charge is -2.16. The molecule has 120 valence electrons. The maximum absolute atomic E-state index is 11.7. The molecule has 1 aromatic carbocycles. The number of nitrogens with zero attached hydrogens (tertiary/aromatic N) is 2. The molecule has 0 atom stereocenters. The van der Waals surface area contributed by atoms with Crippen LogP contribution in [0.3, 0.4) is 0 Å². The van der Waals surface area contributed by atoms with Crippen molar-refractivity contribution in [3.8, 4) is 0 Å². The molecule has 0 saturated carbocycles. The molecule has 1 aliphatic rings. The number of fused-ring (bicyclic) bond motifs is 1. The van der Waals surface area contributed by atoms with Crippen LogP contribution in [0.5, 0.6) is 0 Å². The summed E-state index contributed by atoms with van der Waals surface area (Å²) in [5, 5.41) is 6.02. The fourth-order valence-corrected chi connectivity index (χ4v) is 2.45. The second-order valence-corrected chi connectivity index (χ2v) is 5.42. The smallest absolute Gasteiger partial charge is 0.407 e. The molecule has 0 aliphatic carbocycles. The van der Waals surface area contributed by atoms with E-state index >= 15 is 0 Å². The number of aromatic nitrogens is 2. The second kappa shape index (κ2) is 7.69. The normalized spacial score (nSPS) is 13.2. The van der Waals surface area contributed by atoms with Crippen LogP contribution in [-0.4, -0.2) is 29.2 Å². The molecule has 2 aromatic rings. The zero-order valence-corrected chi connectivity index (χ0v) is 12.9. The average Bonchev–Trinajstić information content (AvgIpc) is 2.61. The van der Waals surface area contributed by atoms with Crippen molar-refractivity contribution >= 4 is 6.09 Å². The molecule has 3 rings (SSSR count). The Morgan fingerprint density at radius 1 is 1.30 bits per heavy atom. The molecule has 0 radical (unpaired) electrons. The monoisotopic (exact) mass is 312 g/mol. The molecule has 1 aromatic heterocycles. The first-order chi connectivity index (χ1) is 11.3. The lowest BCUT2D eigenvalue weighted by atomic mass is 10.1. The van der Waals surface area contributed by atoms with E-state index in [-0.39, 0.29) is 6.61 Å². The largest absolute Gasteiger partial charge is 0.445 e. The van der Waals surface area contributed by atoms with Crippen molar-refractivity contribution in [1.82, 2.24) is 20.6 Å². The van der Waals surface area contributed by atoms with Gasteiger partial charge in [-0.1, -0.05) is 30.3 Å². The molecule has 2 heterocycles. The molecule has 2 N–H and O–H groups in total. The van der Waals surface area contributed by atoms with E-state index in [1.165, 1.54) is 0 Å². The van der Waals surface area contributed by atoms with Gasteiger partial charge in [0.2, 0.25) is 0 Å². The quantitative estimate of drug-likeness (QED) is 0.877. The minimum Gasteiger partial charge on any atom is -0.445 e. The summed E-state index contributed by atoms with van der Waals surface area (Å²) >= 11 is 0. The Balaban J connectivity index is 1.41. The van der Waals surface area contributed by atoms with Crippen molar-refractivity contribution in [2.75, 3.05) is 13.1 Å². The third-order valence-electron chi connectivity index (χ3n) is 3.69. The van der Waals surface area contributed by atoms with Crippen LogP contribution in [0, 0.1) is 0 Å². The first-order valence-corrected chi connectivity index (χ1v) is 7.80. The summed E-state index contributed by atoms with van der Waals surface area (Å²) in [5.74, 6) is 0.758. The fourth-order valence-electron chi connectivity index (χ4n) is 2.45. The summed E-state index contributed by atoms with van der Waals surface area (Å²) in [4.78, 5) is 20.6. The number of alkyl carbamates (subject to hydrolysis) is 1. The molecule has 1 amide bonds. The molecule has 0 bridgehead atoms. The molecule has 23 heavy (non-hydrogen) atoms. The summed E-state index contributed by atoms with van der Waals surface area (Å²) in [6, 6.07) is 9.60. The summed E-state index contributed by atoms with van der Waals surface area (Å²) in [6.45, 7) is 2.52. The Kier molecular flexibility index (Phi) is 5.16. The minimum atomic E-state index is -0.420. The number of hydrogen-bond donors (Lipinski definition) is 2. The van der Waals surface area contributed by atoms with Crippen molar-refractivity contribution < 1.29 is 9.53 Å². The first kappa shape index (κ1) is 15.4. The van der Waals surface area contributed by atoms with E-state index < -0.39 is 6.09 Å². The predicted octanol–water partition coefficient (Wildman–Crippen LogP) is 1.59. The number of benzene rings is 1. The van der Waals surface area contributed by atoms with Crippen LogP contribution in [0.25, 0.3) is 0 Å². The van der Waals surface area contributed by atoms with Gasteiger partial charge in [0.05, 0.1) is 0 Å². The maximum atomic E-state index is 11.7. The summed E-state index contributed by atoms with van der Waals surface area (Å²) in [7, 11) is 0. The van der Waals surface area contributed by atoms with Gasteiger partial charge in [-0.05, 0) is 5.56 Å². The Morgan fingerprint density at radius 2 is 2.17 bits per heavy atom. The minimum absolute atomic E-state index is 0.273.